The largest absolute Gasteiger partial charge is 0.481 e. The van der Waals surface area contributed by atoms with Gasteiger partial charge in [-0.3, -0.25) is 9.59 Å². The van der Waals surface area contributed by atoms with Crippen LogP contribution < -0.4 is 10.6 Å². The predicted molar refractivity (Wildman–Crippen MR) is 128 cm³/mol. The van der Waals surface area contributed by atoms with Crippen LogP contribution in [0.5, 0.6) is 0 Å². The molecule has 3 N–H and O–H groups in total. The van der Waals surface area contributed by atoms with Gasteiger partial charge in [0.25, 0.3) is 0 Å². The molecule has 0 aromatic heterocycles. The van der Waals surface area contributed by atoms with Crippen LogP contribution >= 0.6 is 0 Å². The Kier molecular flexibility index (Phi) is 6.72. The fourth-order valence-electron chi connectivity index (χ4n) is 5.53. The number of aliphatic carboxylic acids is 1. The Hall–Kier alpha value is -3.39. The summed E-state index contributed by atoms with van der Waals surface area (Å²) in [6.45, 7) is 0.804. The molecule has 5 rings (SSSR count). The van der Waals surface area contributed by atoms with Gasteiger partial charge in [0.05, 0.1) is 24.5 Å². The van der Waals surface area contributed by atoms with Crippen molar-refractivity contribution in [2.75, 3.05) is 19.8 Å². The number of hydrogen-bond acceptors (Lipinski definition) is 5. The molecule has 4 unspecified atom stereocenters. The highest BCUT2D eigenvalue weighted by molar-refractivity contribution is 5.80. The van der Waals surface area contributed by atoms with Crippen LogP contribution in [0.15, 0.2) is 48.5 Å². The molecule has 0 bridgehead atoms. The summed E-state index contributed by atoms with van der Waals surface area (Å²) in [6, 6.07) is 16.3. The van der Waals surface area contributed by atoms with Crippen LogP contribution in [0.1, 0.15) is 42.7 Å². The molecule has 2 aliphatic carbocycles. The van der Waals surface area contributed by atoms with E-state index in [1.165, 1.54) is 11.1 Å². The van der Waals surface area contributed by atoms with E-state index in [0.29, 0.717) is 25.7 Å². The van der Waals surface area contributed by atoms with E-state index in [1.54, 1.807) is 0 Å². The second-order valence-corrected chi connectivity index (χ2v) is 9.65. The first-order valence-electron chi connectivity index (χ1n) is 12.2. The number of ether oxygens (including phenoxy) is 2. The van der Waals surface area contributed by atoms with E-state index < -0.39 is 12.1 Å². The molecule has 35 heavy (non-hydrogen) atoms. The van der Waals surface area contributed by atoms with E-state index in [4.69, 9.17) is 14.6 Å². The van der Waals surface area contributed by atoms with Crippen LogP contribution in [-0.4, -0.2) is 55.0 Å². The summed E-state index contributed by atoms with van der Waals surface area (Å²) in [6.07, 6.45) is 1.49. The third-order valence-electron chi connectivity index (χ3n) is 7.40. The number of hydrogen-bond donors (Lipinski definition) is 3. The highest BCUT2D eigenvalue weighted by atomic mass is 16.5. The van der Waals surface area contributed by atoms with Crippen LogP contribution in [0.2, 0.25) is 0 Å². The number of rotatable bonds is 7. The Balaban J connectivity index is 1.06. The highest BCUT2D eigenvalue weighted by Crippen LogP contribution is 2.44. The summed E-state index contributed by atoms with van der Waals surface area (Å²) in [5, 5.41) is 14.9. The Bertz CT molecular complexity index is 1070. The summed E-state index contributed by atoms with van der Waals surface area (Å²) in [5.41, 5.74) is 4.67. The minimum absolute atomic E-state index is 0.000249. The van der Waals surface area contributed by atoms with Crippen LogP contribution in [0.25, 0.3) is 11.1 Å². The fourth-order valence-corrected chi connectivity index (χ4v) is 5.53. The van der Waals surface area contributed by atoms with Crippen molar-refractivity contribution in [3.63, 3.8) is 0 Å². The Morgan fingerprint density at radius 2 is 1.63 bits per heavy atom. The molecule has 0 radical (unpaired) electrons. The lowest BCUT2D eigenvalue weighted by Crippen LogP contribution is -2.38. The zero-order valence-corrected chi connectivity index (χ0v) is 19.4. The van der Waals surface area contributed by atoms with Crippen molar-refractivity contribution in [1.29, 1.82) is 0 Å². The number of amides is 2. The molecule has 2 aromatic rings. The first-order valence-corrected chi connectivity index (χ1v) is 12.2. The van der Waals surface area contributed by atoms with Gasteiger partial charge in [0.2, 0.25) is 5.91 Å². The van der Waals surface area contributed by atoms with Crippen LogP contribution in [-0.2, 0) is 19.1 Å². The zero-order chi connectivity index (χ0) is 24.4. The van der Waals surface area contributed by atoms with E-state index in [9.17, 15) is 14.4 Å². The quantitative estimate of drug-likeness (QED) is 0.563. The molecule has 2 amide bonds. The standard InChI is InChI=1S/C27H30N2O6/c30-25(29-18-10-9-16(11-18)26(31)32)17-12-19(34-14-17)13-28-27(33)35-15-24-22-7-3-1-5-20(22)21-6-2-4-8-23(21)24/h1-8,16-19,24H,9-15H2,(H,28,33)(H,29,30)(H,31,32). The van der Waals surface area contributed by atoms with Gasteiger partial charge in [-0.1, -0.05) is 48.5 Å². The summed E-state index contributed by atoms with van der Waals surface area (Å²) in [4.78, 5) is 36.1. The van der Waals surface area contributed by atoms with Gasteiger partial charge in [-0.15, -0.1) is 0 Å². The molecule has 0 spiro atoms. The van der Waals surface area contributed by atoms with E-state index in [1.807, 2.05) is 24.3 Å². The summed E-state index contributed by atoms with van der Waals surface area (Å²) in [7, 11) is 0. The molecule has 1 aliphatic heterocycles. The van der Waals surface area contributed by atoms with Gasteiger partial charge in [0.15, 0.2) is 0 Å². The molecule has 2 fully saturated rings. The fraction of sp³-hybridized carbons (Fsp3) is 0.444. The second-order valence-electron chi connectivity index (χ2n) is 9.65. The molecule has 1 heterocycles. The summed E-state index contributed by atoms with van der Waals surface area (Å²) < 4.78 is 11.3. The normalized spacial score (nSPS) is 25.0. The Morgan fingerprint density at radius 3 is 2.29 bits per heavy atom. The lowest BCUT2D eigenvalue weighted by Gasteiger charge is -2.16. The maximum absolute atomic E-state index is 12.6. The number of carbonyl (C=O) groups excluding carboxylic acids is 2. The lowest BCUT2D eigenvalue weighted by molar-refractivity contribution is -0.141. The smallest absolute Gasteiger partial charge is 0.407 e. The maximum atomic E-state index is 12.6. The van der Waals surface area contributed by atoms with Gasteiger partial charge in [0, 0.05) is 18.5 Å². The van der Waals surface area contributed by atoms with Crippen molar-refractivity contribution in [2.45, 2.75) is 43.7 Å². The highest BCUT2D eigenvalue weighted by Gasteiger charge is 2.35. The van der Waals surface area contributed by atoms with Crippen LogP contribution in [0.3, 0.4) is 0 Å². The molecular weight excluding hydrogens is 448 g/mol. The van der Waals surface area contributed by atoms with E-state index in [-0.39, 0.29) is 55.6 Å². The van der Waals surface area contributed by atoms with Crippen molar-refractivity contribution in [3.8, 4) is 11.1 Å². The average Bonchev–Trinajstić information content (AvgIpc) is 3.59. The number of carboxylic acids is 1. The first kappa shape index (κ1) is 23.4. The van der Waals surface area contributed by atoms with E-state index in [2.05, 4.69) is 34.9 Å². The molecule has 1 saturated heterocycles. The summed E-state index contributed by atoms with van der Waals surface area (Å²) in [5.74, 6) is -1.59. The second kappa shape index (κ2) is 10.1. The average molecular weight is 479 g/mol. The van der Waals surface area contributed by atoms with Crippen molar-refractivity contribution < 1.29 is 29.0 Å². The van der Waals surface area contributed by atoms with Gasteiger partial charge in [-0.2, -0.15) is 0 Å². The van der Waals surface area contributed by atoms with Gasteiger partial charge in [-0.05, 0) is 47.9 Å². The van der Waals surface area contributed by atoms with E-state index >= 15 is 0 Å². The van der Waals surface area contributed by atoms with Gasteiger partial charge >= 0.3 is 12.1 Å². The minimum atomic E-state index is -0.801. The Labute approximate surface area is 204 Å². The van der Waals surface area contributed by atoms with Crippen molar-refractivity contribution >= 4 is 18.0 Å². The molecule has 8 heteroatoms. The van der Waals surface area contributed by atoms with Gasteiger partial charge in [-0.25, -0.2) is 4.79 Å². The van der Waals surface area contributed by atoms with Crippen molar-refractivity contribution in [2.24, 2.45) is 11.8 Å². The number of carbonyl (C=O) groups is 3. The number of alkyl carbamates (subject to hydrolysis) is 1. The Morgan fingerprint density at radius 1 is 0.943 bits per heavy atom. The molecule has 184 valence electrons. The molecule has 3 aliphatic rings. The van der Waals surface area contributed by atoms with Crippen molar-refractivity contribution in [1.82, 2.24) is 10.6 Å². The number of carboxylic acid groups (broad SMARTS) is 1. The third kappa shape index (κ3) is 5.03. The van der Waals surface area contributed by atoms with Gasteiger partial charge < -0.3 is 25.2 Å². The molecule has 4 atom stereocenters. The molecule has 2 aromatic carbocycles. The van der Waals surface area contributed by atoms with Crippen LogP contribution in [0.4, 0.5) is 4.79 Å². The minimum Gasteiger partial charge on any atom is -0.481 e. The summed E-state index contributed by atoms with van der Waals surface area (Å²) >= 11 is 0. The first-order chi connectivity index (χ1) is 17.0. The number of nitrogens with one attached hydrogen (secondary N) is 2. The monoisotopic (exact) mass is 478 g/mol. The maximum Gasteiger partial charge on any atom is 0.407 e. The SMILES string of the molecule is O=C(NCC1CC(C(=O)NC2CCC(C(=O)O)C2)CO1)OCC1c2ccccc2-c2ccccc21. The van der Waals surface area contributed by atoms with Crippen LogP contribution in [0, 0.1) is 11.8 Å². The number of fused-ring (bicyclic) bond motifs is 3. The topological polar surface area (TPSA) is 114 Å². The predicted octanol–water partition coefficient (Wildman–Crippen LogP) is 3.30. The van der Waals surface area contributed by atoms with Gasteiger partial charge in [0.1, 0.15) is 6.61 Å². The molecule has 8 nitrogen and oxygen atoms in total. The van der Waals surface area contributed by atoms with E-state index in [0.717, 1.165) is 11.1 Å². The number of benzene rings is 2. The lowest BCUT2D eigenvalue weighted by atomic mass is 9.98. The third-order valence-corrected chi connectivity index (χ3v) is 7.40. The zero-order valence-electron chi connectivity index (χ0n) is 19.4. The van der Waals surface area contributed by atoms with Crippen molar-refractivity contribution in [3.05, 3.63) is 59.7 Å². The molecular formula is C27H30N2O6. The molecule has 1 saturated carbocycles.